The van der Waals surface area contributed by atoms with E-state index in [2.05, 4.69) is 9.88 Å². The van der Waals surface area contributed by atoms with Crippen molar-refractivity contribution in [2.24, 2.45) is 5.92 Å². The van der Waals surface area contributed by atoms with E-state index in [1.807, 2.05) is 39.0 Å². The van der Waals surface area contributed by atoms with Gasteiger partial charge in [0.2, 0.25) is 5.91 Å². The monoisotopic (exact) mass is 528 g/mol. The number of hydrogen-bond donors (Lipinski definition) is 1. The Labute approximate surface area is 218 Å². The molecule has 1 fully saturated rings. The van der Waals surface area contributed by atoms with E-state index < -0.39 is 15.6 Å². The number of aromatic nitrogens is 2. The molecule has 10 heteroatoms. The molecule has 1 aliphatic heterocycles. The normalized spacial score (nSPS) is 15.2. The summed E-state index contributed by atoms with van der Waals surface area (Å²) in [5.41, 5.74) is 2.11. The minimum absolute atomic E-state index is 0.132. The average Bonchev–Trinajstić information content (AvgIpc) is 3.22. The Morgan fingerprint density at radius 2 is 1.86 bits per heavy atom. The zero-order valence-corrected chi connectivity index (χ0v) is 23.0. The molecule has 0 bridgehead atoms. The van der Waals surface area contributed by atoms with Gasteiger partial charge in [-0.15, -0.1) is 0 Å². The predicted octanol–water partition coefficient (Wildman–Crippen LogP) is 4.52. The molecular formula is C27H36N4O5S. The first kappa shape index (κ1) is 27.1. The lowest BCUT2D eigenvalue weighted by molar-refractivity contribution is -0.114. The lowest BCUT2D eigenvalue weighted by Gasteiger charge is -2.28. The first-order valence-corrected chi connectivity index (χ1v) is 14.1. The van der Waals surface area contributed by atoms with Crippen molar-refractivity contribution in [2.75, 3.05) is 36.5 Å². The maximum absolute atomic E-state index is 13.4. The number of nitrogens with zero attached hydrogens (tertiary/aromatic N) is 3. The first-order valence-electron chi connectivity index (χ1n) is 12.6. The number of anilines is 2. The van der Waals surface area contributed by atoms with Crippen molar-refractivity contribution in [2.45, 2.75) is 57.6 Å². The van der Waals surface area contributed by atoms with Gasteiger partial charge in [0.15, 0.2) is 0 Å². The summed E-state index contributed by atoms with van der Waals surface area (Å²) in [5, 5.41) is 2.65. The number of rotatable bonds is 9. The topological polar surface area (TPSA) is 103 Å². The molecule has 0 unspecified atom stereocenters. The fraction of sp³-hybridized carbons (Fsp3) is 0.481. The van der Waals surface area contributed by atoms with Gasteiger partial charge in [0.25, 0.3) is 10.0 Å². The van der Waals surface area contributed by atoms with Crippen molar-refractivity contribution in [3.63, 3.8) is 0 Å². The second kappa shape index (κ2) is 10.8. The molecule has 1 aliphatic rings. The molecule has 1 saturated heterocycles. The quantitative estimate of drug-likeness (QED) is 0.438. The number of nitrogens with one attached hydrogen (secondary N) is 1. The highest BCUT2D eigenvalue weighted by atomic mass is 32.2. The maximum Gasteiger partial charge on any atom is 0.264 e. The Bertz CT molecular complexity index is 1360. The molecule has 1 N–H and O–H groups in total. The van der Waals surface area contributed by atoms with Crippen LogP contribution in [0.5, 0.6) is 0 Å². The van der Waals surface area contributed by atoms with Crippen molar-refractivity contribution in [1.29, 1.82) is 0 Å². The standard InChI is InChI=1S/C27H36N4O5S/c1-6-36-27(3,4)26-29-24-17-22(9-12-25(24)31(26)18-20-13-15-35-16-14-20)30(5)37(33,34)23-10-7-21(8-11-23)28-19(2)32/h7-12,17,20H,6,13-16,18H2,1-5H3,(H,28,32). The lowest BCUT2D eigenvalue weighted by atomic mass is 9.99. The lowest BCUT2D eigenvalue weighted by Crippen LogP contribution is -2.29. The number of benzene rings is 2. The van der Waals surface area contributed by atoms with E-state index in [0.29, 0.717) is 23.9 Å². The van der Waals surface area contributed by atoms with Gasteiger partial charge in [0, 0.05) is 46.0 Å². The number of hydrogen-bond acceptors (Lipinski definition) is 6. The van der Waals surface area contributed by atoms with Crippen LogP contribution >= 0.6 is 0 Å². The minimum atomic E-state index is -3.82. The van der Waals surface area contributed by atoms with Crippen LogP contribution in [-0.4, -0.2) is 50.7 Å². The highest BCUT2D eigenvalue weighted by Crippen LogP contribution is 2.33. The summed E-state index contributed by atoms with van der Waals surface area (Å²) in [4.78, 5) is 16.4. The summed E-state index contributed by atoms with van der Waals surface area (Å²) in [6.45, 7) is 10.3. The fourth-order valence-corrected chi connectivity index (χ4v) is 5.97. The molecule has 1 amide bonds. The Kier molecular flexibility index (Phi) is 7.91. The third-order valence-corrected chi connectivity index (χ3v) is 8.55. The van der Waals surface area contributed by atoms with Gasteiger partial charge < -0.3 is 19.4 Å². The Hall–Kier alpha value is -2.95. The number of carbonyl (C=O) groups is 1. The minimum Gasteiger partial charge on any atom is -0.381 e. The average molecular weight is 529 g/mol. The van der Waals surface area contributed by atoms with Crippen LogP contribution in [0.2, 0.25) is 0 Å². The number of sulfonamides is 1. The molecule has 2 aromatic carbocycles. The summed E-state index contributed by atoms with van der Waals surface area (Å²) in [6.07, 6.45) is 1.99. The van der Waals surface area contributed by atoms with Crippen LogP contribution in [0.15, 0.2) is 47.4 Å². The van der Waals surface area contributed by atoms with Gasteiger partial charge in [0.05, 0.1) is 21.6 Å². The summed E-state index contributed by atoms with van der Waals surface area (Å²) >= 11 is 0. The Morgan fingerprint density at radius 3 is 2.49 bits per heavy atom. The van der Waals surface area contributed by atoms with E-state index in [1.165, 1.54) is 30.4 Å². The fourth-order valence-electron chi connectivity index (χ4n) is 4.78. The number of amides is 1. The number of fused-ring (bicyclic) bond motifs is 1. The van der Waals surface area contributed by atoms with Crippen molar-refractivity contribution in [1.82, 2.24) is 9.55 Å². The number of ether oxygens (including phenoxy) is 2. The molecule has 1 aromatic heterocycles. The zero-order valence-electron chi connectivity index (χ0n) is 22.2. The molecule has 2 heterocycles. The van der Waals surface area contributed by atoms with Gasteiger partial charge in [0.1, 0.15) is 11.4 Å². The third kappa shape index (κ3) is 5.81. The third-order valence-electron chi connectivity index (χ3n) is 6.75. The molecular weight excluding hydrogens is 492 g/mol. The molecule has 200 valence electrons. The number of carbonyl (C=O) groups excluding carboxylic acids is 1. The van der Waals surface area contributed by atoms with Gasteiger partial charge >= 0.3 is 0 Å². The second-order valence-corrected chi connectivity index (χ2v) is 11.9. The van der Waals surface area contributed by atoms with Crippen LogP contribution in [0.3, 0.4) is 0 Å². The molecule has 0 radical (unpaired) electrons. The predicted molar refractivity (Wildman–Crippen MR) is 144 cm³/mol. The summed E-state index contributed by atoms with van der Waals surface area (Å²) in [7, 11) is -2.29. The maximum atomic E-state index is 13.4. The van der Waals surface area contributed by atoms with Crippen LogP contribution in [0.25, 0.3) is 11.0 Å². The molecule has 0 saturated carbocycles. The second-order valence-electron chi connectivity index (χ2n) is 9.90. The van der Waals surface area contributed by atoms with Crippen LogP contribution in [0.4, 0.5) is 11.4 Å². The van der Waals surface area contributed by atoms with Gasteiger partial charge in [-0.2, -0.15) is 0 Å². The van der Waals surface area contributed by atoms with Gasteiger partial charge in [-0.1, -0.05) is 0 Å². The molecule has 3 aromatic rings. The van der Waals surface area contributed by atoms with E-state index in [4.69, 9.17) is 14.5 Å². The smallest absolute Gasteiger partial charge is 0.264 e. The van der Waals surface area contributed by atoms with Crippen LogP contribution in [0, 0.1) is 5.92 Å². The van der Waals surface area contributed by atoms with E-state index in [0.717, 1.165) is 49.5 Å². The molecule has 0 spiro atoms. The molecule has 0 aliphatic carbocycles. The number of imidazole rings is 1. The van der Waals surface area contributed by atoms with Crippen LogP contribution in [-0.2, 0) is 36.4 Å². The van der Waals surface area contributed by atoms with E-state index in [9.17, 15) is 13.2 Å². The SMILES string of the molecule is CCOC(C)(C)c1nc2cc(N(C)S(=O)(=O)c3ccc(NC(C)=O)cc3)ccc2n1CC1CCOCC1. The van der Waals surface area contributed by atoms with E-state index in [1.54, 1.807) is 12.1 Å². The van der Waals surface area contributed by atoms with Gasteiger partial charge in [-0.25, -0.2) is 13.4 Å². The molecule has 37 heavy (non-hydrogen) atoms. The van der Waals surface area contributed by atoms with Crippen molar-refractivity contribution < 1.29 is 22.7 Å². The van der Waals surface area contributed by atoms with Crippen molar-refractivity contribution in [3.8, 4) is 0 Å². The van der Waals surface area contributed by atoms with E-state index >= 15 is 0 Å². The summed E-state index contributed by atoms with van der Waals surface area (Å²) in [5.74, 6) is 1.08. The summed E-state index contributed by atoms with van der Waals surface area (Å²) < 4.78 is 41.8. The largest absolute Gasteiger partial charge is 0.381 e. The highest BCUT2D eigenvalue weighted by molar-refractivity contribution is 7.92. The first-order chi connectivity index (χ1) is 17.5. The molecule has 9 nitrogen and oxygen atoms in total. The van der Waals surface area contributed by atoms with E-state index in [-0.39, 0.29) is 10.8 Å². The zero-order chi connectivity index (χ0) is 26.8. The van der Waals surface area contributed by atoms with Gasteiger partial charge in [-0.05, 0) is 82.0 Å². The Balaban J connectivity index is 1.69. The highest BCUT2D eigenvalue weighted by Gasteiger charge is 2.30. The summed E-state index contributed by atoms with van der Waals surface area (Å²) in [6, 6.07) is 11.7. The van der Waals surface area contributed by atoms with Crippen LogP contribution in [0.1, 0.15) is 46.4 Å². The Morgan fingerprint density at radius 1 is 1.19 bits per heavy atom. The van der Waals surface area contributed by atoms with Gasteiger partial charge in [-0.3, -0.25) is 9.10 Å². The van der Waals surface area contributed by atoms with Crippen molar-refractivity contribution in [3.05, 3.63) is 48.3 Å². The van der Waals surface area contributed by atoms with Crippen molar-refractivity contribution >= 4 is 38.3 Å². The molecule has 4 rings (SSSR count). The molecule has 0 atom stereocenters. The van der Waals surface area contributed by atoms with Crippen LogP contribution < -0.4 is 9.62 Å².